The zero-order valence-corrected chi connectivity index (χ0v) is 15.4. The Balaban J connectivity index is 1.47. The van der Waals surface area contributed by atoms with Gasteiger partial charge in [-0.05, 0) is 42.5 Å². The summed E-state index contributed by atoms with van der Waals surface area (Å²) < 4.78 is 5.38. The number of rotatable bonds is 3. The van der Waals surface area contributed by atoms with Gasteiger partial charge < -0.3 is 9.64 Å². The highest BCUT2D eigenvalue weighted by Gasteiger charge is 2.30. The molecule has 2 aromatic carbocycles. The molecule has 1 saturated heterocycles. The first-order chi connectivity index (χ1) is 12.8. The summed E-state index contributed by atoms with van der Waals surface area (Å²) >= 11 is 0. The lowest BCUT2D eigenvalue weighted by Gasteiger charge is -2.41. The van der Waals surface area contributed by atoms with E-state index in [1.165, 1.54) is 11.1 Å². The Hall–Kier alpha value is -2.33. The summed E-state index contributed by atoms with van der Waals surface area (Å²) in [5.41, 5.74) is 3.58. The molecule has 1 atom stereocenters. The van der Waals surface area contributed by atoms with Crippen molar-refractivity contribution in [2.45, 2.75) is 31.8 Å². The number of methoxy groups -OCH3 is 1. The fourth-order valence-corrected chi connectivity index (χ4v) is 4.26. The Kier molecular flexibility index (Phi) is 4.93. The van der Waals surface area contributed by atoms with E-state index in [1.807, 2.05) is 29.2 Å². The number of hydrogen-bond donors (Lipinski definition) is 0. The summed E-state index contributed by atoms with van der Waals surface area (Å²) in [6, 6.07) is 16.7. The third kappa shape index (κ3) is 3.34. The lowest BCUT2D eigenvalue weighted by molar-refractivity contribution is 0.0546. The van der Waals surface area contributed by atoms with Crippen molar-refractivity contribution in [1.82, 2.24) is 9.80 Å². The number of nitrogens with zero attached hydrogens (tertiary/aromatic N) is 2. The van der Waals surface area contributed by atoms with E-state index in [2.05, 4.69) is 29.2 Å². The van der Waals surface area contributed by atoms with Gasteiger partial charge in [0.2, 0.25) is 0 Å². The summed E-state index contributed by atoms with van der Waals surface area (Å²) in [6.45, 7) is 3.72. The minimum atomic E-state index is 0.0876. The third-order valence-corrected chi connectivity index (χ3v) is 5.70. The number of piperidine rings is 1. The molecule has 26 heavy (non-hydrogen) atoms. The molecule has 0 radical (unpaired) electrons. The van der Waals surface area contributed by atoms with Crippen LogP contribution in [0.4, 0.5) is 0 Å². The number of ether oxygens (including phenoxy) is 1. The van der Waals surface area contributed by atoms with E-state index in [9.17, 15) is 4.79 Å². The molecule has 2 heterocycles. The smallest absolute Gasteiger partial charge is 0.257 e. The van der Waals surface area contributed by atoms with Gasteiger partial charge in [-0.2, -0.15) is 0 Å². The van der Waals surface area contributed by atoms with E-state index in [4.69, 9.17) is 4.74 Å². The summed E-state index contributed by atoms with van der Waals surface area (Å²) in [7, 11) is 1.62. The van der Waals surface area contributed by atoms with Crippen molar-refractivity contribution in [3.63, 3.8) is 0 Å². The largest absolute Gasteiger partial charge is 0.496 e. The van der Waals surface area contributed by atoms with Gasteiger partial charge >= 0.3 is 0 Å². The molecule has 2 aromatic rings. The monoisotopic (exact) mass is 350 g/mol. The van der Waals surface area contributed by atoms with Crippen molar-refractivity contribution in [1.29, 1.82) is 0 Å². The molecule has 2 aliphatic rings. The van der Waals surface area contributed by atoms with E-state index < -0.39 is 0 Å². The van der Waals surface area contributed by atoms with E-state index >= 15 is 0 Å². The van der Waals surface area contributed by atoms with Crippen LogP contribution in [0.15, 0.2) is 48.5 Å². The Bertz CT molecular complexity index is 789. The Morgan fingerprint density at radius 2 is 1.81 bits per heavy atom. The minimum absolute atomic E-state index is 0.0876. The Morgan fingerprint density at radius 3 is 2.65 bits per heavy atom. The van der Waals surface area contributed by atoms with E-state index in [0.717, 1.165) is 45.4 Å². The number of likely N-dealkylation sites (tertiary alicyclic amines) is 1. The molecule has 0 aromatic heterocycles. The first kappa shape index (κ1) is 17.1. The molecule has 4 rings (SSSR count). The van der Waals surface area contributed by atoms with Crippen molar-refractivity contribution < 1.29 is 9.53 Å². The Labute approximate surface area is 155 Å². The predicted molar refractivity (Wildman–Crippen MR) is 102 cm³/mol. The molecule has 136 valence electrons. The van der Waals surface area contributed by atoms with Crippen LogP contribution in [0.5, 0.6) is 5.75 Å². The first-order valence-electron chi connectivity index (χ1n) is 9.49. The number of fused-ring (bicyclic) bond motifs is 1. The highest BCUT2D eigenvalue weighted by molar-refractivity contribution is 5.97. The Morgan fingerprint density at radius 1 is 1.04 bits per heavy atom. The maximum Gasteiger partial charge on any atom is 0.257 e. The van der Waals surface area contributed by atoms with Crippen molar-refractivity contribution in [3.05, 3.63) is 65.2 Å². The molecular formula is C22H26N2O2. The predicted octanol–water partition coefficient (Wildman–Crippen LogP) is 3.36. The van der Waals surface area contributed by atoms with Crippen LogP contribution < -0.4 is 4.74 Å². The number of benzene rings is 2. The number of carbonyl (C=O) groups is 1. The number of para-hydroxylation sites is 1. The SMILES string of the molecule is COc1ccccc1C(=O)N1CCC[C@@H](N2CCc3ccccc3C2)C1. The van der Waals surface area contributed by atoms with Gasteiger partial charge in [0.1, 0.15) is 5.75 Å². The van der Waals surface area contributed by atoms with Gasteiger partial charge in [-0.3, -0.25) is 9.69 Å². The summed E-state index contributed by atoms with van der Waals surface area (Å²) in [5, 5.41) is 0. The topological polar surface area (TPSA) is 32.8 Å². The highest BCUT2D eigenvalue weighted by atomic mass is 16.5. The van der Waals surface area contributed by atoms with Crippen LogP contribution in [-0.2, 0) is 13.0 Å². The molecule has 0 spiro atoms. The molecular weight excluding hydrogens is 324 g/mol. The van der Waals surface area contributed by atoms with Crippen LogP contribution in [0.3, 0.4) is 0 Å². The van der Waals surface area contributed by atoms with Gasteiger partial charge in [0.15, 0.2) is 0 Å². The second kappa shape index (κ2) is 7.50. The normalized spacial score (nSPS) is 20.5. The maximum absolute atomic E-state index is 13.0. The summed E-state index contributed by atoms with van der Waals surface area (Å²) in [5.74, 6) is 0.746. The number of hydrogen-bond acceptors (Lipinski definition) is 3. The average Bonchev–Trinajstić information content (AvgIpc) is 2.73. The van der Waals surface area contributed by atoms with Gasteiger partial charge in [0.05, 0.1) is 12.7 Å². The van der Waals surface area contributed by atoms with Crippen LogP contribution in [0.2, 0.25) is 0 Å². The first-order valence-corrected chi connectivity index (χ1v) is 9.49. The minimum Gasteiger partial charge on any atom is -0.496 e. The zero-order chi connectivity index (χ0) is 17.9. The van der Waals surface area contributed by atoms with Crippen molar-refractivity contribution in [3.8, 4) is 5.75 Å². The zero-order valence-electron chi connectivity index (χ0n) is 15.4. The van der Waals surface area contributed by atoms with Gasteiger partial charge in [0, 0.05) is 32.2 Å². The van der Waals surface area contributed by atoms with Gasteiger partial charge in [-0.25, -0.2) is 0 Å². The summed E-state index contributed by atoms with van der Waals surface area (Å²) in [4.78, 5) is 17.6. The van der Waals surface area contributed by atoms with Gasteiger partial charge in [-0.15, -0.1) is 0 Å². The number of amides is 1. The molecule has 0 bridgehead atoms. The molecule has 0 N–H and O–H groups in total. The van der Waals surface area contributed by atoms with Crippen LogP contribution in [-0.4, -0.2) is 48.5 Å². The van der Waals surface area contributed by atoms with Crippen LogP contribution >= 0.6 is 0 Å². The molecule has 4 heteroatoms. The van der Waals surface area contributed by atoms with Crippen molar-refractivity contribution in [2.75, 3.05) is 26.7 Å². The maximum atomic E-state index is 13.0. The van der Waals surface area contributed by atoms with Crippen LogP contribution in [0.1, 0.15) is 34.3 Å². The van der Waals surface area contributed by atoms with Gasteiger partial charge in [0.25, 0.3) is 5.91 Å². The summed E-state index contributed by atoms with van der Waals surface area (Å²) in [6.07, 6.45) is 3.33. The van der Waals surface area contributed by atoms with E-state index in [-0.39, 0.29) is 5.91 Å². The third-order valence-electron chi connectivity index (χ3n) is 5.70. The standard InChI is InChI=1S/C22H26N2O2/c1-26-21-11-5-4-10-20(21)22(25)24-13-6-9-19(16-24)23-14-12-17-7-2-3-8-18(17)15-23/h2-5,7-8,10-11,19H,6,9,12-16H2,1H3/t19-/m1/s1. The molecule has 1 fully saturated rings. The van der Waals surface area contributed by atoms with Crippen molar-refractivity contribution in [2.24, 2.45) is 0 Å². The van der Waals surface area contributed by atoms with Gasteiger partial charge in [-0.1, -0.05) is 36.4 Å². The average molecular weight is 350 g/mol. The highest BCUT2D eigenvalue weighted by Crippen LogP contribution is 2.26. The molecule has 0 saturated carbocycles. The van der Waals surface area contributed by atoms with E-state index in [0.29, 0.717) is 17.4 Å². The number of carbonyl (C=O) groups excluding carboxylic acids is 1. The second-order valence-corrected chi connectivity index (χ2v) is 7.24. The fraction of sp³-hybridized carbons (Fsp3) is 0.409. The van der Waals surface area contributed by atoms with Crippen LogP contribution in [0.25, 0.3) is 0 Å². The molecule has 0 unspecified atom stereocenters. The molecule has 2 aliphatic heterocycles. The van der Waals surface area contributed by atoms with E-state index in [1.54, 1.807) is 7.11 Å². The quantitative estimate of drug-likeness (QED) is 0.851. The molecule has 0 aliphatic carbocycles. The lowest BCUT2D eigenvalue weighted by atomic mass is 9.95. The second-order valence-electron chi connectivity index (χ2n) is 7.24. The van der Waals surface area contributed by atoms with Crippen molar-refractivity contribution >= 4 is 5.91 Å². The lowest BCUT2D eigenvalue weighted by Crippen LogP contribution is -2.51. The molecule has 1 amide bonds. The fourth-order valence-electron chi connectivity index (χ4n) is 4.26. The van der Waals surface area contributed by atoms with Crippen LogP contribution in [0, 0.1) is 0 Å². The molecule has 4 nitrogen and oxygen atoms in total.